The van der Waals surface area contributed by atoms with E-state index in [9.17, 15) is 13.6 Å². The summed E-state index contributed by atoms with van der Waals surface area (Å²) in [4.78, 5) is 12.1. The highest BCUT2D eigenvalue weighted by Crippen LogP contribution is 2.35. The molecule has 0 saturated heterocycles. The maximum atomic E-state index is 14.5. The normalized spacial score (nSPS) is 12.7. The van der Waals surface area contributed by atoms with Gasteiger partial charge in [0.25, 0.3) is 5.91 Å². The first kappa shape index (κ1) is 16.9. The lowest BCUT2D eigenvalue weighted by Gasteiger charge is -2.21. The fraction of sp³-hybridized carbons (Fsp3) is 0.375. The Hall–Kier alpha value is -2.44. The van der Waals surface area contributed by atoms with Gasteiger partial charge < -0.3 is 10.1 Å². The molecule has 2 rings (SSSR count). The molecule has 0 spiro atoms. The molecule has 1 atom stereocenters. The SMILES string of the molecule is CCOc1ccccc1C(F)(F)C(=O)NC(C)c1cnn(C)c1. The third kappa shape index (κ3) is 3.67. The topological polar surface area (TPSA) is 56.1 Å². The molecule has 23 heavy (non-hydrogen) atoms. The summed E-state index contributed by atoms with van der Waals surface area (Å²) < 4.78 is 35.7. The number of aryl methyl sites for hydroxylation is 1. The zero-order valence-corrected chi connectivity index (χ0v) is 13.2. The van der Waals surface area contributed by atoms with Gasteiger partial charge in [0.05, 0.1) is 24.4 Å². The van der Waals surface area contributed by atoms with Gasteiger partial charge in [0.2, 0.25) is 0 Å². The summed E-state index contributed by atoms with van der Waals surface area (Å²) >= 11 is 0. The molecule has 124 valence electrons. The number of carbonyl (C=O) groups is 1. The van der Waals surface area contributed by atoms with Crippen molar-refractivity contribution in [3.05, 3.63) is 47.8 Å². The molecule has 2 aromatic rings. The number of ether oxygens (including phenoxy) is 1. The second kappa shape index (κ2) is 6.76. The number of alkyl halides is 2. The monoisotopic (exact) mass is 323 g/mol. The van der Waals surface area contributed by atoms with Gasteiger partial charge >= 0.3 is 5.92 Å². The van der Waals surface area contributed by atoms with Gasteiger partial charge in [0.1, 0.15) is 5.75 Å². The van der Waals surface area contributed by atoms with Crippen molar-refractivity contribution in [3.8, 4) is 5.75 Å². The summed E-state index contributed by atoms with van der Waals surface area (Å²) in [7, 11) is 1.71. The molecule has 0 bridgehead atoms. The molecule has 1 N–H and O–H groups in total. The van der Waals surface area contributed by atoms with Crippen molar-refractivity contribution in [3.63, 3.8) is 0 Å². The van der Waals surface area contributed by atoms with Crippen LogP contribution in [0.25, 0.3) is 0 Å². The highest BCUT2D eigenvalue weighted by Gasteiger charge is 2.43. The molecule has 5 nitrogen and oxygen atoms in total. The Balaban J connectivity index is 2.20. The summed E-state index contributed by atoms with van der Waals surface area (Å²) in [6, 6.07) is 5.06. The molecule has 1 aromatic carbocycles. The second-order valence-corrected chi connectivity index (χ2v) is 5.15. The molecule has 0 fully saturated rings. The Morgan fingerprint density at radius 2 is 2.13 bits per heavy atom. The third-order valence-electron chi connectivity index (χ3n) is 3.38. The van der Waals surface area contributed by atoms with E-state index in [0.29, 0.717) is 5.56 Å². The van der Waals surface area contributed by atoms with E-state index >= 15 is 0 Å². The second-order valence-electron chi connectivity index (χ2n) is 5.15. The van der Waals surface area contributed by atoms with Crippen LogP contribution in [0, 0.1) is 0 Å². The first-order valence-corrected chi connectivity index (χ1v) is 7.26. The number of nitrogens with zero attached hydrogens (tertiary/aromatic N) is 2. The van der Waals surface area contributed by atoms with E-state index in [1.165, 1.54) is 24.4 Å². The number of carbonyl (C=O) groups excluding carboxylic acids is 1. The van der Waals surface area contributed by atoms with Crippen molar-refractivity contribution in [1.29, 1.82) is 0 Å². The average molecular weight is 323 g/mol. The first-order chi connectivity index (χ1) is 10.9. The van der Waals surface area contributed by atoms with Crippen LogP contribution in [0.4, 0.5) is 8.78 Å². The van der Waals surface area contributed by atoms with E-state index in [-0.39, 0.29) is 12.4 Å². The number of halogens is 2. The van der Waals surface area contributed by atoms with E-state index in [1.807, 2.05) is 0 Å². The Kier molecular flexibility index (Phi) is 4.98. The fourth-order valence-electron chi connectivity index (χ4n) is 2.16. The quantitative estimate of drug-likeness (QED) is 0.889. The van der Waals surface area contributed by atoms with Gasteiger partial charge in [-0.2, -0.15) is 13.9 Å². The minimum atomic E-state index is -3.69. The van der Waals surface area contributed by atoms with E-state index in [1.54, 1.807) is 37.8 Å². The highest BCUT2D eigenvalue weighted by atomic mass is 19.3. The number of nitrogens with one attached hydrogen (secondary N) is 1. The van der Waals surface area contributed by atoms with Crippen LogP contribution in [0.15, 0.2) is 36.7 Å². The van der Waals surface area contributed by atoms with Crippen LogP contribution in [0.2, 0.25) is 0 Å². The van der Waals surface area contributed by atoms with Crippen LogP contribution in [0.3, 0.4) is 0 Å². The molecule has 1 unspecified atom stereocenters. The summed E-state index contributed by atoms with van der Waals surface area (Å²) in [6.45, 7) is 3.56. The summed E-state index contributed by atoms with van der Waals surface area (Å²) in [5.74, 6) is -5.06. The molecule has 7 heteroatoms. The zero-order valence-electron chi connectivity index (χ0n) is 13.2. The van der Waals surface area contributed by atoms with Gasteiger partial charge in [-0.15, -0.1) is 0 Å². The lowest BCUT2D eigenvalue weighted by atomic mass is 10.1. The van der Waals surface area contributed by atoms with Crippen molar-refractivity contribution >= 4 is 5.91 Å². The molecule has 0 aliphatic heterocycles. The molecule has 1 heterocycles. The summed E-state index contributed by atoms with van der Waals surface area (Å²) in [5, 5.41) is 6.28. The minimum Gasteiger partial charge on any atom is -0.493 e. The number of hydrogen-bond donors (Lipinski definition) is 1. The molecular weight excluding hydrogens is 304 g/mol. The van der Waals surface area contributed by atoms with Crippen LogP contribution < -0.4 is 10.1 Å². The molecule has 0 saturated carbocycles. The molecule has 0 radical (unpaired) electrons. The Morgan fingerprint density at radius 1 is 1.43 bits per heavy atom. The van der Waals surface area contributed by atoms with E-state index < -0.39 is 23.4 Å². The van der Waals surface area contributed by atoms with Gasteiger partial charge in [0, 0.05) is 18.8 Å². The number of benzene rings is 1. The Bertz CT molecular complexity index is 685. The van der Waals surface area contributed by atoms with Crippen molar-refractivity contribution in [2.45, 2.75) is 25.8 Å². The highest BCUT2D eigenvalue weighted by molar-refractivity contribution is 5.85. The van der Waals surface area contributed by atoms with Gasteiger partial charge in [0.15, 0.2) is 0 Å². The van der Waals surface area contributed by atoms with Crippen LogP contribution in [0.5, 0.6) is 5.75 Å². The van der Waals surface area contributed by atoms with Gasteiger partial charge in [-0.3, -0.25) is 9.48 Å². The smallest absolute Gasteiger partial charge is 0.353 e. The van der Waals surface area contributed by atoms with E-state index in [2.05, 4.69) is 10.4 Å². The van der Waals surface area contributed by atoms with Crippen LogP contribution in [0.1, 0.15) is 31.0 Å². The molecule has 1 amide bonds. The largest absolute Gasteiger partial charge is 0.493 e. The fourth-order valence-corrected chi connectivity index (χ4v) is 2.16. The third-order valence-corrected chi connectivity index (χ3v) is 3.38. The predicted octanol–water partition coefficient (Wildman–Crippen LogP) is 2.79. The van der Waals surface area contributed by atoms with Crippen molar-refractivity contribution in [2.75, 3.05) is 6.61 Å². The number of aromatic nitrogens is 2. The maximum Gasteiger partial charge on any atom is 0.353 e. The number of amides is 1. The molecule has 0 aliphatic carbocycles. The predicted molar refractivity (Wildman–Crippen MR) is 81.3 cm³/mol. The number of hydrogen-bond acceptors (Lipinski definition) is 3. The van der Waals surface area contributed by atoms with Gasteiger partial charge in [-0.05, 0) is 26.0 Å². The summed E-state index contributed by atoms with van der Waals surface area (Å²) in [5.41, 5.74) is 0.201. The molecular formula is C16H19F2N3O2. The number of para-hydroxylation sites is 1. The standard InChI is InChI=1S/C16H19F2N3O2/c1-4-23-14-8-6-5-7-13(14)16(17,18)15(22)20-11(2)12-9-19-21(3)10-12/h5-11H,4H2,1-3H3,(H,20,22). The number of rotatable bonds is 6. The lowest BCUT2D eigenvalue weighted by Crippen LogP contribution is -2.39. The van der Waals surface area contributed by atoms with E-state index in [4.69, 9.17) is 4.74 Å². The zero-order chi connectivity index (χ0) is 17.0. The van der Waals surface area contributed by atoms with Gasteiger partial charge in [-0.1, -0.05) is 12.1 Å². The van der Waals surface area contributed by atoms with Crippen LogP contribution in [-0.2, 0) is 17.8 Å². The Morgan fingerprint density at radius 3 is 2.74 bits per heavy atom. The van der Waals surface area contributed by atoms with Gasteiger partial charge in [-0.25, -0.2) is 0 Å². The lowest BCUT2D eigenvalue weighted by molar-refractivity contribution is -0.148. The summed E-state index contributed by atoms with van der Waals surface area (Å²) in [6.07, 6.45) is 3.19. The van der Waals surface area contributed by atoms with Crippen molar-refractivity contribution in [2.24, 2.45) is 7.05 Å². The Labute approximate surface area is 133 Å². The van der Waals surface area contributed by atoms with Crippen molar-refractivity contribution in [1.82, 2.24) is 15.1 Å². The van der Waals surface area contributed by atoms with Crippen LogP contribution in [-0.4, -0.2) is 22.3 Å². The molecule has 0 aliphatic rings. The van der Waals surface area contributed by atoms with Crippen molar-refractivity contribution < 1.29 is 18.3 Å². The first-order valence-electron chi connectivity index (χ1n) is 7.26. The van der Waals surface area contributed by atoms with Crippen LogP contribution >= 0.6 is 0 Å². The minimum absolute atomic E-state index is 0.00387. The molecule has 1 aromatic heterocycles. The maximum absolute atomic E-state index is 14.5. The average Bonchev–Trinajstić information content (AvgIpc) is 2.94. The van der Waals surface area contributed by atoms with E-state index in [0.717, 1.165) is 0 Å².